The van der Waals surface area contributed by atoms with Gasteiger partial charge in [0.2, 0.25) is 6.79 Å². The van der Waals surface area contributed by atoms with Crippen LogP contribution in [0.2, 0.25) is 5.02 Å². The molecule has 0 saturated carbocycles. The van der Waals surface area contributed by atoms with Gasteiger partial charge in [0, 0.05) is 23.2 Å². The van der Waals surface area contributed by atoms with E-state index in [1.807, 2.05) is 36.4 Å². The van der Waals surface area contributed by atoms with Crippen molar-refractivity contribution in [1.29, 1.82) is 0 Å². The lowest BCUT2D eigenvalue weighted by Crippen LogP contribution is -2.12. The smallest absolute Gasteiger partial charge is 0.231 e. The Bertz CT molecular complexity index is 645. The average Bonchev–Trinajstić information content (AvgIpc) is 2.94. The molecule has 21 heavy (non-hydrogen) atoms. The van der Waals surface area contributed by atoms with Crippen molar-refractivity contribution in [3.63, 3.8) is 0 Å². The summed E-state index contributed by atoms with van der Waals surface area (Å²) in [5.41, 5.74) is 0.943. The fourth-order valence-electron chi connectivity index (χ4n) is 2.12. The summed E-state index contributed by atoms with van der Waals surface area (Å²) >= 11 is 6.26. The Hall–Kier alpha value is -1.91. The topological polar surface area (TPSA) is 39.7 Å². The molecule has 2 aromatic carbocycles. The van der Waals surface area contributed by atoms with Crippen LogP contribution in [0.25, 0.3) is 0 Å². The van der Waals surface area contributed by atoms with Gasteiger partial charge in [-0.15, -0.1) is 0 Å². The lowest BCUT2D eigenvalue weighted by atomic mass is 10.2. The largest absolute Gasteiger partial charge is 0.457 e. The third kappa shape index (κ3) is 3.06. The summed E-state index contributed by atoms with van der Waals surface area (Å²) in [6.07, 6.45) is 0. The standard InChI is InChI=1S/C16H16ClNO3/c1-2-18-9-12-13(17)4-3-5-14(12)21-11-6-7-15-16(8-11)20-10-19-15/h3-8,18H,2,9-10H2,1H3. The van der Waals surface area contributed by atoms with Crippen LogP contribution < -0.4 is 19.5 Å². The first kappa shape index (κ1) is 14.0. The van der Waals surface area contributed by atoms with Gasteiger partial charge < -0.3 is 19.5 Å². The Balaban J connectivity index is 1.85. The Kier molecular flexibility index (Phi) is 4.18. The van der Waals surface area contributed by atoms with Crippen LogP contribution in [-0.2, 0) is 6.54 Å². The Labute approximate surface area is 128 Å². The van der Waals surface area contributed by atoms with Gasteiger partial charge in [-0.2, -0.15) is 0 Å². The van der Waals surface area contributed by atoms with Gasteiger partial charge in [-0.25, -0.2) is 0 Å². The zero-order chi connectivity index (χ0) is 14.7. The van der Waals surface area contributed by atoms with E-state index in [0.29, 0.717) is 23.1 Å². The zero-order valence-electron chi connectivity index (χ0n) is 11.7. The molecule has 110 valence electrons. The predicted octanol–water partition coefficient (Wildman–Crippen LogP) is 3.97. The van der Waals surface area contributed by atoms with E-state index in [-0.39, 0.29) is 6.79 Å². The summed E-state index contributed by atoms with van der Waals surface area (Å²) in [4.78, 5) is 0. The van der Waals surface area contributed by atoms with Crippen LogP contribution >= 0.6 is 11.6 Å². The van der Waals surface area contributed by atoms with E-state index in [4.69, 9.17) is 25.8 Å². The van der Waals surface area contributed by atoms with Gasteiger partial charge in [-0.3, -0.25) is 0 Å². The van der Waals surface area contributed by atoms with Crippen LogP contribution in [0.4, 0.5) is 0 Å². The Morgan fingerprint density at radius 1 is 1.19 bits per heavy atom. The quantitative estimate of drug-likeness (QED) is 0.907. The number of rotatable bonds is 5. The molecule has 0 atom stereocenters. The van der Waals surface area contributed by atoms with E-state index in [9.17, 15) is 0 Å². The first-order chi connectivity index (χ1) is 10.3. The maximum absolute atomic E-state index is 6.26. The molecule has 2 aromatic rings. The van der Waals surface area contributed by atoms with Gasteiger partial charge in [0.1, 0.15) is 11.5 Å². The number of hydrogen-bond donors (Lipinski definition) is 1. The summed E-state index contributed by atoms with van der Waals surface area (Å²) < 4.78 is 16.6. The fourth-order valence-corrected chi connectivity index (χ4v) is 2.36. The number of hydrogen-bond acceptors (Lipinski definition) is 4. The Morgan fingerprint density at radius 2 is 2.05 bits per heavy atom. The minimum Gasteiger partial charge on any atom is -0.457 e. The monoisotopic (exact) mass is 305 g/mol. The second-order valence-electron chi connectivity index (χ2n) is 4.61. The van der Waals surface area contributed by atoms with E-state index < -0.39 is 0 Å². The molecular formula is C16H16ClNO3. The van der Waals surface area contributed by atoms with Crippen LogP contribution in [0, 0.1) is 0 Å². The van der Waals surface area contributed by atoms with Crippen molar-refractivity contribution in [2.45, 2.75) is 13.5 Å². The van der Waals surface area contributed by atoms with E-state index in [1.165, 1.54) is 0 Å². The van der Waals surface area contributed by atoms with Crippen LogP contribution in [-0.4, -0.2) is 13.3 Å². The number of halogens is 1. The van der Waals surface area contributed by atoms with Crippen molar-refractivity contribution in [2.24, 2.45) is 0 Å². The van der Waals surface area contributed by atoms with Crippen LogP contribution in [0.5, 0.6) is 23.0 Å². The molecule has 4 nitrogen and oxygen atoms in total. The van der Waals surface area contributed by atoms with E-state index in [1.54, 1.807) is 0 Å². The molecule has 0 fully saturated rings. The fraction of sp³-hybridized carbons (Fsp3) is 0.250. The maximum Gasteiger partial charge on any atom is 0.231 e. The lowest BCUT2D eigenvalue weighted by molar-refractivity contribution is 0.174. The molecule has 1 aliphatic rings. The van der Waals surface area contributed by atoms with Gasteiger partial charge in [0.05, 0.1) is 0 Å². The van der Waals surface area contributed by atoms with Gasteiger partial charge in [-0.05, 0) is 30.8 Å². The third-order valence-electron chi connectivity index (χ3n) is 3.20. The molecule has 1 N–H and O–H groups in total. The molecule has 1 aliphatic heterocycles. The summed E-state index contributed by atoms with van der Waals surface area (Å²) in [5.74, 6) is 2.87. The molecule has 0 bridgehead atoms. The summed E-state index contributed by atoms with van der Waals surface area (Å²) in [6, 6.07) is 11.2. The molecule has 0 amide bonds. The van der Waals surface area contributed by atoms with Gasteiger partial charge in [-0.1, -0.05) is 24.6 Å². The second-order valence-corrected chi connectivity index (χ2v) is 5.02. The molecule has 0 unspecified atom stereocenters. The van der Waals surface area contributed by atoms with Gasteiger partial charge in [0.25, 0.3) is 0 Å². The lowest BCUT2D eigenvalue weighted by Gasteiger charge is -2.13. The molecule has 5 heteroatoms. The molecule has 1 heterocycles. The highest BCUT2D eigenvalue weighted by Gasteiger charge is 2.15. The van der Waals surface area contributed by atoms with Crippen molar-refractivity contribution >= 4 is 11.6 Å². The summed E-state index contributed by atoms with van der Waals surface area (Å²) in [7, 11) is 0. The molecule has 0 saturated heterocycles. The molecule has 3 rings (SSSR count). The van der Waals surface area contributed by atoms with Crippen LogP contribution in [0.15, 0.2) is 36.4 Å². The van der Waals surface area contributed by atoms with Gasteiger partial charge in [0.15, 0.2) is 11.5 Å². The SMILES string of the molecule is CCNCc1c(Cl)cccc1Oc1ccc2c(c1)OCO2. The van der Waals surface area contributed by atoms with Crippen molar-refractivity contribution < 1.29 is 14.2 Å². The first-order valence-electron chi connectivity index (χ1n) is 6.83. The van der Waals surface area contributed by atoms with E-state index in [2.05, 4.69) is 12.2 Å². The predicted molar refractivity (Wildman–Crippen MR) is 81.5 cm³/mol. The molecular weight excluding hydrogens is 290 g/mol. The number of ether oxygens (including phenoxy) is 3. The molecule has 0 aliphatic carbocycles. The summed E-state index contributed by atoms with van der Waals surface area (Å²) in [6.45, 7) is 3.83. The number of benzene rings is 2. The van der Waals surface area contributed by atoms with Crippen LogP contribution in [0.1, 0.15) is 12.5 Å². The normalized spacial score (nSPS) is 12.5. The molecule has 0 radical (unpaired) electrons. The molecule has 0 spiro atoms. The first-order valence-corrected chi connectivity index (χ1v) is 7.21. The van der Waals surface area contributed by atoms with Crippen molar-refractivity contribution in [1.82, 2.24) is 5.32 Å². The maximum atomic E-state index is 6.26. The minimum absolute atomic E-state index is 0.252. The van der Waals surface area contributed by atoms with E-state index in [0.717, 1.165) is 23.6 Å². The summed E-state index contributed by atoms with van der Waals surface area (Å²) in [5, 5.41) is 3.95. The van der Waals surface area contributed by atoms with Crippen molar-refractivity contribution in [3.05, 3.63) is 47.0 Å². The number of fused-ring (bicyclic) bond motifs is 1. The highest BCUT2D eigenvalue weighted by atomic mass is 35.5. The minimum atomic E-state index is 0.252. The van der Waals surface area contributed by atoms with E-state index >= 15 is 0 Å². The highest BCUT2D eigenvalue weighted by Crippen LogP contribution is 2.38. The van der Waals surface area contributed by atoms with Crippen LogP contribution in [0.3, 0.4) is 0 Å². The number of nitrogens with one attached hydrogen (secondary N) is 1. The van der Waals surface area contributed by atoms with Crippen molar-refractivity contribution in [3.8, 4) is 23.0 Å². The highest BCUT2D eigenvalue weighted by molar-refractivity contribution is 6.31. The average molecular weight is 306 g/mol. The van der Waals surface area contributed by atoms with Crippen molar-refractivity contribution in [2.75, 3.05) is 13.3 Å². The Morgan fingerprint density at radius 3 is 2.90 bits per heavy atom. The second kappa shape index (κ2) is 6.24. The van der Waals surface area contributed by atoms with Gasteiger partial charge >= 0.3 is 0 Å². The third-order valence-corrected chi connectivity index (χ3v) is 3.55. The molecule has 0 aromatic heterocycles. The zero-order valence-corrected chi connectivity index (χ0v) is 12.4.